The summed E-state index contributed by atoms with van der Waals surface area (Å²) in [6.45, 7) is 9.54. The van der Waals surface area contributed by atoms with Crippen molar-refractivity contribution in [1.29, 1.82) is 0 Å². The fourth-order valence-corrected chi connectivity index (χ4v) is 3.67. The SMILES string of the molecule is CC(C)=CCc1c(O)cc2oc3cc(OCOC=O)c(C)c(CC=C(C)C)c3c(=O)c2c1O. The van der Waals surface area contributed by atoms with Crippen LogP contribution >= 0.6 is 0 Å². The van der Waals surface area contributed by atoms with Crippen molar-refractivity contribution in [3.05, 3.63) is 62.3 Å². The number of ether oxygens (including phenoxy) is 2. The number of hydrogen-bond donors (Lipinski definition) is 2. The Morgan fingerprint density at radius 3 is 2.18 bits per heavy atom. The van der Waals surface area contributed by atoms with Gasteiger partial charge in [0.25, 0.3) is 6.47 Å². The molecule has 1 aromatic heterocycles. The van der Waals surface area contributed by atoms with Gasteiger partial charge in [-0.15, -0.1) is 0 Å². The highest BCUT2D eigenvalue weighted by Gasteiger charge is 2.22. The Hall–Kier alpha value is -3.74. The maximum absolute atomic E-state index is 13.7. The summed E-state index contributed by atoms with van der Waals surface area (Å²) in [6.07, 6.45) is 4.56. The summed E-state index contributed by atoms with van der Waals surface area (Å²) in [4.78, 5) is 24.1. The Kier molecular flexibility index (Phi) is 7.11. The number of aromatic hydroxyl groups is 2. The van der Waals surface area contributed by atoms with Crippen LogP contribution in [-0.4, -0.2) is 23.5 Å². The van der Waals surface area contributed by atoms with Crippen LogP contribution in [-0.2, 0) is 22.4 Å². The third-order valence-electron chi connectivity index (χ3n) is 5.43. The molecular formula is C26H28O7. The van der Waals surface area contributed by atoms with Crippen molar-refractivity contribution in [3.8, 4) is 17.2 Å². The van der Waals surface area contributed by atoms with Crippen LogP contribution in [0.3, 0.4) is 0 Å². The van der Waals surface area contributed by atoms with E-state index in [9.17, 15) is 19.8 Å². The van der Waals surface area contributed by atoms with E-state index in [1.807, 2.05) is 46.8 Å². The Balaban J connectivity index is 2.37. The third kappa shape index (κ3) is 4.87. The first-order chi connectivity index (χ1) is 15.6. The number of allylic oxidation sites excluding steroid dienone is 4. The van der Waals surface area contributed by atoms with Crippen LogP contribution in [0.1, 0.15) is 44.4 Å². The van der Waals surface area contributed by atoms with Gasteiger partial charge in [0.2, 0.25) is 12.2 Å². The van der Waals surface area contributed by atoms with E-state index in [4.69, 9.17) is 9.15 Å². The molecule has 2 N–H and O–H groups in total. The standard InChI is InChI=1S/C26H28O7/c1-14(2)6-8-17-16(5)20(32-13-31-12-27)11-22-23(17)26(30)24-21(33-22)10-19(28)18(25(24)29)9-7-15(3)4/h6-7,10-12,28-29H,8-9,13H2,1-5H3. The van der Waals surface area contributed by atoms with Gasteiger partial charge in [-0.25, -0.2) is 0 Å². The predicted molar refractivity (Wildman–Crippen MR) is 127 cm³/mol. The Bertz CT molecular complexity index is 1330. The monoisotopic (exact) mass is 452 g/mol. The summed E-state index contributed by atoms with van der Waals surface area (Å²) < 4.78 is 16.2. The molecule has 2 aromatic carbocycles. The number of phenolic OH excluding ortho intramolecular Hbond substituents is 2. The summed E-state index contributed by atoms with van der Waals surface area (Å²) >= 11 is 0. The first kappa shape index (κ1) is 23.9. The zero-order valence-corrected chi connectivity index (χ0v) is 19.4. The molecule has 0 aliphatic rings. The van der Waals surface area contributed by atoms with Gasteiger partial charge in [0.1, 0.15) is 33.8 Å². The predicted octanol–water partition coefficient (Wildman–Crippen LogP) is 5.19. The summed E-state index contributed by atoms with van der Waals surface area (Å²) in [5.41, 5.74) is 3.66. The molecule has 0 spiro atoms. The average molecular weight is 453 g/mol. The van der Waals surface area contributed by atoms with E-state index >= 15 is 0 Å². The second kappa shape index (κ2) is 9.81. The number of phenols is 2. The molecule has 3 aromatic rings. The molecule has 0 unspecified atom stereocenters. The van der Waals surface area contributed by atoms with Crippen LogP contribution in [0, 0.1) is 6.92 Å². The Labute approximate surface area is 191 Å². The smallest absolute Gasteiger partial charge is 0.295 e. The fraction of sp³-hybridized carbons (Fsp3) is 0.308. The van der Waals surface area contributed by atoms with Crippen molar-refractivity contribution in [1.82, 2.24) is 0 Å². The minimum absolute atomic E-state index is 0.0215. The van der Waals surface area contributed by atoms with Crippen molar-refractivity contribution in [2.75, 3.05) is 6.79 Å². The van der Waals surface area contributed by atoms with E-state index < -0.39 is 5.43 Å². The minimum atomic E-state index is -0.391. The summed E-state index contributed by atoms with van der Waals surface area (Å²) in [6, 6.07) is 2.90. The molecule has 7 nitrogen and oxygen atoms in total. The lowest BCUT2D eigenvalue weighted by Gasteiger charge is -2.15. The molecule has 0 bridgehead atoms. The van der Waals surface area contributed by atoms with Crippen LogP contribution < -0.4 is 10.2 Å². The van der Waals surface area contributed by atoms with E-state index in [0.717, 1.165) is 11.1 Å². The highest BCUT2D eigenvalue weighted by molar-refractivity contribution is 5.97. The lowest BCUT2D eigenvalue weighted by molar-refractivity contribution is -0.134. The molecule has 0 saturated heterocycles. The Morgan fingerprint density at radius 2 is 1.58 bits per heavy atom. The molecule has 0 aliphatic heterocycles. The number of carbonyl (C=O) groups is 1. The zero-order valence-electron chi connectivity index (χ0n) is 19.4. The van der Waals surface area contributed by atoms with Crippen LogP contribution in [0.15, 0.2) is 44.6 Å². The molecule has 0 amide bonds. The lowest BCUT2D eigenvalue weighted by atomic mass is 9.96. The molecular weight excluding hydrogens is 424 g/mol. The minimum Gasteiger partial charge on any atom is -0.507 e. The van der Waals surface area contributed by atoms with Crippen LogP contribution in [0.5, 0.6) is 17.2 Å². The van der Waals surface area contributed by atoms with E-state index in [0.29, 0.717) is 28.7 Å². The number of rotatable bonds is 8. The van der Waals surface area contributed by atoms with Gasteiger partial charge in [-0.2, -0.15) is 0 Å². The van der Waals surface area contributed by atoms with Crippen molar-refractivity contribution >= 4 is 28.4 Å². The molecule has 7 heteroatoms. The van der Waals surface area contributed by atoms with Crippen molar-refractivity contribution in [2.45, 2.75) is 47.5 Å². The zero-order chi connectivity index (χ0) is 24.3. The summed E-state index contributed by atoms with van der Waals surface area (Å²) in [7, 11) is 0. The topological polar surface area (TPSA) is 106 Å². The number of hydrogen-bond acceptors (Lipinski definition) is 7. The van der Waals surface area contributed by atoms with Crippen LogP contribution in [0.4, 0.5) is 0 Å². The van der Waals surface area contributed by atoms with Gasteiger partial charge in [-0.05, 0) is 58.6 Å². The van der Waals surface area contributed by atoms with Crippen LogP contribution in [0.2, 0.25) is 0 Å². The molecule has 174 valence electrons. The largest absolute Gasteiger partial charge is 0.507 e. The molecule has 3 rings (SSSR count). The van der Waals surface area contributed by atoms with Crippen molar-refractivity contribution in [3.63, 3.8) is 0 Å². The Morgan fingerprint density at radius 1 is 0.970 bits per heavy atom. The van der Waals surface area contributed by atoms with Gasteiger partial charge >= 0.3 is 0 Å². The molecule has 0 saturated carbocycles. The van der Waals surface area contributed by atoms with Gasteiger partial charge in [0.15, 0.2) is 0 Å². The molecule has 0 aliphatic carbocycles. The van der Waals surface area contributed by atoms with Gasteiger partial charge in [0.05, 0.1) is 5.39 Å². The molecule has 1 heterocycles. The van der Waals surface area contributed by atoms with Gasteiger partial charge in [0, 0.05) is 17.7 Å². The molecule has 0 fully saturated rings. The van der Waals surface area contributed by atoms with Crippen LogP contribution in [0.25, 0.3) is 21.9 Å². The number of fused-ring (bicyclic) bond motifs is 2. The van der Waals surface area contributed by atoms with Gasteiger partial charge in [-0.1, -0.05) is 23.3 Å². The summed E-state index contributed by atoms with van der Waals surface area (Å²) in [5, 5.41) is 21.7. The highest BCUT2D eigenvalue weighted by Crippen LogP contribution is 2.38. The number of benzene rings is 2. The molecule has 0 atom stereocenters. The van der Waals surface area contributed by atoms with E-state index in [1.54, 1.807) is 6.07 Å². The lowest BCUT2D eigenvalue weighted by Crippen LogP contribution is -2.10. The maximum Gasteiger partial charge on any atom is 0.295 e. The first-order valence-electron chi connectivity index (χ1n) is 10.6. The van der Waals surface area contributed by atoms with Gasteiger partial charge < -0.3 is 24.1 Å². The van der Waals surface area contributed by atoms with Gasteiger partial charge in [-0.3, -0.25) is 9.59 Å². The maximum atomic E-state index is 13.7. The van der Waals surface area contributed by atoms with Crippen molar-refractivity contribution < 1.29 is 28.9 Å². The first-order valence-corrected chi connectivity index (χ1v) is 10.6. The quantitative estimate of drug-likeness (QED) is 0.159. The average Bonchev–Trinajstić information content (AvgIpc) is 2.73. The molecule has 33 heavy (non-hydrogen) atoms. The number of carbonyl (C=O) groups excluding carboxylic acids is 1. The second-order valence-corrected chi connectivity index (χ2v) is 8.37. The van der Waals surface area contributed by atoms with E-state index in [-0.39, 0.29) is 53.3 Å². The van der Waals surface area contributed by atoms with E-state index in [1.165, 1.54) is 6.07 Å². The summed E-state index contributed by atoms with van der Waals surface area (Å²) in [5.74, 6) is -0.0472. The second-order valence-electron chi connectivity index (χ2n) is 8.37. The molecule has 0 radical (unpaired) electrons. The third-order valence-corrected chi connectivity index (χ3v) is 5.43. The van der Waals surface area contributed by atoms with Crippen molar-refractivity contribution in [2.24, 2.45) is 0 Å². The normalized spacial score (nSPS) is 10.8. The fourth-order valence-electron chi connectivity index (χ4n) is 3.67. The highest BCUT2D eigenvalue weighted by atomic mass is 16.7. The van der Waals surface area contributed by atoms with E-state index in [2.05, 4.69) is 4.74 Å².